The standard InChI is InChI=1S/C13H22BrN3S2/c1-4-10-12(14)11(17(3)16-10)7-9(15)13-8(2)18-5-6-19-13/h8-9,13H,4-7,15H2,1-3H3. The molecule has 0 radical (unpaired) electrons. The Labute approximate surface area is 132 Å². The first-order valence-corrected chi connectivity index (χ1v) is 9.62. The second-order valence-corrected chi connectivity index (χ2v) is 8.53. The van der Waals surface area contributed by atoms with E-state index in [0.717, 1.165) is 23.0 Å². The van der Waals surface area contributed by atoms with E-state index in [1.54, 1.807) is 0 Å². The number of rotatable bonds is 4. The topological polar surface area (TPSA) is 43.8 Å². The largest absolute Gasteiger partial charge is 0.326 e. The van der Waals surface area contributed by atoms with Gasteiger partial charge in [0.15, 0.2) is 0 Å². The van der Waals surface area contributed by atoms with Crippen LogP contribution in [0.4, 0.5) is 0 Å². The molecule has 2 N–H and O–H groups in total. The van der Waals surface area contributed by atoms with Crippen LogP contribution in [0.2, 0.25) is 0 Å². The fourth-order valence-corrected chi connectivity index (χ4v) is 6.17. The first-order chi connectivity index (χ1) is 9.04. The van der Waals surface area contributed by atoms with Crippen molar-refractivity contribution in [3.05, 3.63) is 15.9 Å². The zero-order valence-electron chi connectivity index (χ0n) is 11.7. The van der Waals surface area contributed by atoms with Crippen LogP contribution in [0, 0.1) is 0 Å². The molecule has 0 saturated carbocycles. The fourth-order valence-electron chi connectivity index (χ4n) is 2.50. The van der Waals surface area contributed by atoms with Crippen molar-refractivity contribution in [1.82, 2.24) is 9.78 Å². The molecule has 0 bridgehead atoms. The molecule has 108 valence electrons. The monoisotopic (exact) mass is 363 g/mol. The molecule has 0 aliphatic carbocycles. The third kappa shape index (κ3) is 3.52. The van der Waals surface area contributed by atoms with E-state index in [4.69, 9.17) is 5.73 Å². The van der Waals surface area contributed by atoms with Crippen molar-refractivity contribution in [2.45, 2.75) is 43.2 Å². The smallest absolute Gasteiger partial charge is 0.0766 e. The van der Waals surface area contributed by atoms with Crippen molar-refractivity contribution in [1.29, 1.82) is 0 Å². The van der Waals surface area contributed by atoms with E-state index in [2.05, 4.69) is 34.9 Å². The van der Waals surface area contributed by atoms with Crippen LogP contribution in [-0.4, -0.2) is 37.8 Å². The summed E-state index contributed by atoms with van der Waals surface area (Å²) in [5.74, 6) is 2.48. The molecule has 0 aromatic carbocycles. The van der Waals surface area contributed by atoms with E-state index in [1.165, 1.54) is 17.2 Å². The Bertz CT molecular complexity index is 436. The minimum Gasteiger partial charge on any atom is -0.326 e. The molecule has 0 amide bonds. The second-order valence-electron chi connectivity index (χ2n) is 4.96. The highest BCUT2D eigenvalue weighted by Gasteiger charge is 2.29. The van der Waals surface area contributed by atoms with Crippen molar-refractivity contribution in [3.8, 4) is 0 Å². The van der Waals surface area contributed by atoms with Crippen molar-refractivity contribution >= 4 is 39.5 Å². The van der Waals surface area contributed by atoms with Gasteiger partial charge < -0.3 is 5.73 Å². The summed E-state index contributed by atoms with van der Waals surface area (Å²) in [5.41, 5.74) is 8.82. The summed E-state index contributed by atoms with van der Waals surface area (Å²) in [7, 11) is 2.01. The van der Waals surface area contributed by atoms with E-state index in [-0.39, 0.29) is 6.04 Å². The molecule has 19 heavy (non-hydrogen) atoms. The third-order valence-electron chi connectivity index (χ3n) is 3.59. The van der Waals surface area contributed by atoms with Crippen LogP contribution in [0.5, 0.6) is 0 Å². The number of aromatic nitrogens is 2. The second kappa shape index (κ2) is 6.87. The molecule has 1 saturated heterocycles. The van der Waals surface area contributed by atoms with Crippen molar-refractivity contribution in [2.24, 2.45) is 12.8 Å². The number of nitrogens with zero attached hydrogens (tertiary/aromatic N) is 2. The number of halogens is 1. The SMILES string of the molecule is CCc1nn(C)c(CC(N)C2SCCSC2C)c1Br. The van der Waals surface area contributed by atoms with Crippen LogP contribution >= 0.6 is 39.5 Å². The van der Waals surface area contributed by atoms with Gasteiger partial charge in [-0.05, 0) is 22.4 Å². The maximum Gasteiger partial charge on any atom is 0.0766 e. The summed E-state index contributed by atoms with van der Waals surface area (Å²) in [6, 6.07) is 0.198. The Morgan fingerprint density at radius 3 is 2.74 bits per heavy atom. The Balaban J connectivity index is 2.10. The summed E-state index contributed by atoms with van der Waals surface area (Å²) in [6.07, 6.45) is 1.85. The lowest BCUT2D eigenvalue weighted by Gasteiger charge is -2.32. The Morgan fingerprint density at radius 1 is 1.47 bits per heavy atom. The van der Waals surface area contributed by atoms with Gasteiger partial charge in [0.25, 0.3) is 0 Å². The summed E-state index contributed by atoms with van der Waals surface area (Å²) in [5, 5.41) is 5.74. The molecule has 1 aliphatic heterocycles. The molecule has 1 aliphatic rings. The van der Waals surface area contributed by atoms with Gasteiger partial charge >= 0.3 is 0 Å². The van der Waals surface area contributed by atoms with E-state index < -0.39 is 0 Å². The van der Waals surface area contributed by atoms with Crippen LogP contribution in [0.3, 0.4) is 0 Å². The van der Waals surface area contributed by atoms with Crippen LogP contribution in [0.15, 0.2) is 4.47 Å². The molecule has 3 nitrogen and oxygen atoms in total. The predicted octanol–water partition coefficient (Wildman–Crippen LogP) is 2.85. The summed E-state index contributed by atoms with van der Waals surface area (Å²) in [4.78, 5) is 0. The van der Waals surface area contributed by atoms with Gasteiger partial charge in [-0.25, -0.2) is 0 Å². The molecular formula is C13H22BrN3S2. The van der Waals surface area contributed by atoms with Crippen molar-refractivity contribution in [2.75, 3.05) is 11.5 Å². The minimum atomic E-state index is 0.198. The number of aryl methyl sites for hydroxylation is 2. The van der Waals surface area contributed by atoms with Crippen molar-refractivity contribution < 1.29 is 0 Å². The highest BCUT2D eigenvalue weighted by Crippen LogP contribution is 2.34. The van der Waals surface area contributed by atoms with Crippen LogP contribution in [-0.2, 0) is 19.9 Å². The van der Waals surface area contributed by atoms with Crippen LogP contribution in [0.25, 0.3) is 0 Å². The summed E-state index contributed by atoms with van der Waals surface area (Å²) < 4.78 is 3.13. The average Bonchev–Trinajstić information content (AvgIpc) is 2.66. The quantitative estimate of drug-likeness (QED) is 0.892. The Kier molecular flexibility index (Phi) is 5.69. The Morgan fingerprint density at radius 2 is 2.16 bits per heavy atom. The van der Waals surface area contributed by atoms with E-state index >= 15 is 0 Å². The molecule has 3 unspecified atom stereocenters. The summed E-state index contributed by atoms with van der Waals surface area (Å²) in [6.45, 7) is 4.43. The van der Waals surface area contributed by atoms with Gasteiger partial charge in [0.05, 0.1) is 15.9 Å². The fraction of sp³-hybridized carbons (Fsp3) is 0.769. The third-order valence-corrected chi connectivity index (χ3v) is 7.78. The lowest BCUT2D eigenvalue weighted by molar-refractivity contribution is 0.585. The van der Waals surface area contributed by atoms with Gasteiger partial charge in [0.1, 0.15) is 0 Å². The molecule has 0 spiro atoms. The zero-order valence-corrected chi connectivity index (χ0v) is 14.9. The number of hydrogen-bond donors (Lipinski definition) is 1. The van der Waals surface area contributed by atoms with Gasteiger partial charge in [0, 0.05) is 41.5 Å². The average molecular weight is 364 g/mol. The highest BCUT2D eigenvalue weighted by atomic mass is 79.9. The molecule has 6 heteroatoms. The molecular weight excluding hydrogens is 342 g/mol. The number of thioether (sulfide) groups is 2. The van der Waals surface area contributed by atoms with E-state index in [1.807, 2.05) is 35.3 Å². The van der Waals surface area contributed by atoms with Gasteiger partial charge in [-0.2, -0.15) is 28.6 Å². The highest BCUT2D eigenvalue weighted by molar-refractivity contribution is 9.10. The first kappa shape index (κ1) is 15.7. The van der Waals surface area contributed by atoms with Gasteiger partial charge in [-0.1, -0.05) is 13.8 Å². The summed E-state index contributed by atoms with van der Waals surface area (Å²) >= 11 is 7.76. The van der Waals surface area contributed by atoms with Gasteiger partial charge in [0.2, 0.25) is 0 Å². The van der Waals surface area contributed by atoms with E-state index in [9.17, 15) is 0 Å². The Hall–Kier alpha value is 0.350. The van der Waals surface area contributed by atoms with Crippen LogP contribution < -0.4 is 5.73 Å². The number of hydrogen-bond acceptors (Lipinski definition) is 4. The van der Waals surface area contributed by atoms with Crippen molar-refractivity contribution in [3.63, 3.8) is 0 Å². The minimum absolute atomic E-state index is 0.198. The number of nitrogens with two attached hydrogens (primary N) is 1. The molecule has 1 aromatic rings. The predicted molar refractivity (Wildman–Crippen MR) is 90.1 cm³/mol. The lowest BCUT2D eigenvalue weighted by atomic mass is 10.1. The van der Waals surface area contributed by atoms with E-state index in [0.29, 0.717) is 10.5 Å². The molecule has 1 fully saturated rings. The normalized spacial score (nSPS) is 25.5. The molecule has 3 atom stereocenters. The zero-order chi connectivity index (χ0) is 14.0. The lowest BCUT2D eigenvalue weighted by Crippen LogP contribution is -2.42. The molecule has 2 heterocycles. The van der Waals surface area contributed by atoms with Gasteiger partial charge in [-0.3, -0.25) is 4.68 Å². The van der Waals surface area contributed by atoms with Crippen LogP contribution in [0.1, 0.15) is 25.2 Å². The molecule has 2 rings (SSSR count). The molecule has 1 aromatic heterocycles. The first-order valence-electron chi connectivity index (χ1n) is 6.73. The maximum absolute atomic E-state index is 6.46. The van der Waals surface area contributed by atoms with Gasteiger partial charge in [-0.15, -0.1) is 0 Å². The maximum atomic E-state index is 6.46.